The van der Waals surface area contributed by atoms with E-state index in [0.29, 0.717) is 32.1 Å². The van der Waals surface area contributed by atoms with Crippen LogP contribution in [0.15, 0.2) is 39.9 Å². The van der Waals surface area contributed by atoms with E-state index in [9.17, 15) is 4.79 Å². The molecule has 1 amide bonds. The van der Waals surface area contributed by atoms with Gasteiger partial charge < -0.3 is 24.3 Å². The number of aryl methyl sites for hydroxylation is 1. The summed E-state index contributed by atoms with van der Waals surface area (Å²) in [5.41, 5.74) is 2.95. The van der Waals surface area contributed by atoms with E-state index in [1.807, 2.05) is 29.2 Å². The lowest BCUT2D eigenvalue weighted by Gasteiger charge is -2.37. The van der Waals surface area contributed by atoms with Crippen LogP contribution in [0, 0.1) is 6.92 Å². The van der Waals surface area contributed by atoms with Gasteiger partial charge in [0.25, 0.3) is 5.91 Å². The summed E-state index contributed by atoms with van der Waals surface area (Å²) < 4.78 is 11.2. The molecule has 1 atom stereocenters. The van der Waals surface area contributed by atoms with Crippen LogP contribution in [0.1, 0.15) is 31.0 Å². The molecule has 2 saturated heterocycles. The number of carbonyl (C=O) groups is 1. The third kappa shape index (κ3) is 6.00. The molecular formula is C23H32IN5O3. The summed E-state index contributed by atoms with van der Waals surface area (Å²) in [6.07, 6.45) is 3.23. The molecular weight excluding hydrogens is 521 g/mol. The zero-order valence-corrected chi connectivity index (χ0v) is 21.1. The van der Waals surface area contributed by atoms with Gasteiger partial charge in [0, 0.05) is 44.9 Å². The highest BCUT2D eigenvalue weighted by molar-refractivity contribution is 14.0. The Labute approximate surface area is 206 Å². The van der Waals surface area contributed by atoms with E-state index < -0.39 is 0 Å². The fourth-order valence-corrected chi connectivity index (χ4v) is 3.90. The molecule has 2 aliphatic rings. The minimum Gasteiger partial charge on any atom is -0.444 e. The second-order valence-electron chi connectivity index (χ2n) is 7.99. The fourth-order valence-electron chi connectivity index (χ4n) is 3.90. The molecule has 1 aromatic heterocycles. The molecule has 174 valence electrons. The lowest BCUT2D eigenvalue weighted by molar-refractivity contribution is -0.142. The van der Waals surface area contributed by atoms with E-state index in [-0.39, 0.29) is 36.0 Å². The van der Waals surface area contributed by atoms with Crippen LogP contribution < -0.4 is 5.32 Å². The molecule has 9 heteroatoms. The number of ether oxygens (including phenoxy) is 1. The standard InChI is InChI=1S/C23H31N5O3.HI/c1-3-24-23(28-12-10-27(11-13-28)22(29)20-5-4-14-30-20)25-15-19-16-31-21(26-19)18-8-6-17(2)7-9-18;/h6-9,16,20H,3-5,10-15H2,1-2H3,(H,24,25);1H. The average molecular weight is 553 g/mol. The van der Waals surface area contributed by atoms with Gasteiger partial charge in [0.15, 0.2) is 5.96 Å². The maximum absolute atomic E-state index is 12.6. The van der Waals surface area contributed by atoms with E-state index in [0.717, 1.165) is 49.7 Å². The smallest absolute Gasteiger partial charge is 0.251 e. The number of oxazole rings is 1. The Morgan fingerprint density at radius 2 is 1.91 bits per heavy atom. The normalized spacial score (nSPS) is 19.1. The van der Waals surface area contributed by atoms with Crippen molar-refractivity contribution in [2.45, 2.75) is 39.3 Å². The van der Waals surface area contributed by atoms with Crippen molar-refractivity contribution in [1.82, 2.24) is 20.1 Å². The van der Waals surface area contributed by atoms with Crippen molar-refractivity contribution in [3.63, 3.8) is 0 Å². The zero-order chi connectivity index (χ0) is 21.6. The van der Waals surface area contributed by atoms with E-state index in [1.165, 1.54) is 5.56 Å². The number of carbonyl (C=O) groups excluding carboxylic acids is 1. The van der Waals surface area contributed by atoms with Gasteiger partial charge in [-0.3, -0.25) is 4.79 Å². The highest BCUT2D eigenvalue weighted by atomic mass is 127. The Balaban J connectivity index is 0.00000289. The first-order valence-corrected chi connectivity index (χ1v) is 11.1. The van der Waals surface area contributed by atoms with Crippen molar-refractivity contribution in [1.29, 1.82) is 0 Å². The van der Waals surface area contributed by atoms with Gasteiger partial charge in [-0.2, -0.15) is 0 Å². The number of nitrogens with zero attached hydrogens (tertiary/aromatic N) is 4. The first-order valence-electron chi connectivity index (χ1n) is 11.1. The molecule has 2 aromatic rings. The quantitative estimate of drug-likeness (QED) is 0.348. The van der Waals surface area contributed by atoms with Crippen LogP contribution in [-0.2, 0) is 16.1 Å². The fraction of sp³-hybridized carbons (Fsp3) is 0.522. The van der Waals surface area contributed by atoms with Gasteiger partial charge in [0.1, 0.15) is 18.1 Å². The van der Waals surface area contributed by atoms with Gasteiger partial charge >= 0.3 is 0 Å². The minimum absolute atomic E-state index is 0. The molecule has 1 aromatic carbocycles. The van der Waals surface area contributed by atoms with E-state index in [4.69, 9.17) is 14.1 Å². The van der Waals surface area contributed by atoms with Crippen LogP contribution in [0.25, 0.3) is 11.5 Å². The molecule has 0 spiro atoms. The summed E-state index contributed by atoms with van der Waals surface area (Å²) in [6.45, 7) is 8.89. The number of aliphatic imine (C=N–C) groups is 1. The molecule has 3 heterocycles. The Bertz CT molecular complexity index is 901. The van der Waals surface area contributed by atoms with Crippen LogP contribution in [0.5, 0.6) is 0 Å². The first-order chi connectivity index (χ1) is 15.1. The summed E-state index contributed by atoms with van der Waals surface area (Å²) in [6, 6.07) is 8.11. The third-order valence-electron chi connectivity index (χ3n) is 5.67. The molecule has 0 bridgehead atoms. The molecule has 32 heavy (non-hydrogen) atoms. The molecule has 0 radical (unpaired) electrons. The van der Waals surface area contributed by atoms with Crippen molar-refractivity contribution in [3.8, 4) is 11.5 Å². The lowest BCUT2D eigenvalue weighted by atomic mass is 10.1. The Kier molecular flexibility index (Phi) is 8.92. The van der Waals surface area contributed by atoms with Crippen LogP contribution in [0.4, 0.5) is 0 Å². The topological polar surface area (TPSA) is 83.2 Å². The predicted octanol–water partition coefficient (Wildman–Crippen LogP) is 3.06. The summed E-state index contributed by atoms with van der Waals surface area (Å²) in [5, 5.41) is 3.36. The monoisotopic (exact) mass is 553 g/mol. The SMILES string of the molecule is CCNC(=NCc1coc(-c2ccc(C)cc2)n1)N1CCN(C(=O)C2CCCO2)CC1.I. The maximum atomic E-state index is 12.6. The van der Waals surface area contributed by atoms with Crippen molar-refractivity contribution in [2.24, 2.45) is 4.99 Å². The number of rotatable bonds is 5. The minimum atomic E-state index is -0.247. The van der Waals surface area contributed by atoms with Crippen molar-refractivity contribution in [3.05, 3.63) is 41.8 Å². The molecule has 8 nitrogen and oxygen atoms in total. The van der Waals surface area contributed by atoms with Crippen LogP contribution in [0.3, 0.4) is 0 Å². The van der Waals surface area contributed by atoms with Gasteiger partial charge in [0.2, 0.25) is 5.89 Å². The Hall–Kier alpha value is -2.14. The second kappa shape index (κ2) is 11.6. The van der Waals surface area contributed by atoms with E-state index in [2.05, 4.69) is 29.0 Å². The summed E-state index contributed by atoms with van der Waals surface area (Å²) in [4.78, 5) is 26.0. The number of aromatic nitrogens is 1. The third-order valence-corrected chi connectivity index (χ3v) is 5.67. The van der Waals surface area contributed by atoms with E-state index >= 15 is 0 Å². The number of amides is 1. The maximum Gasteiger partial charge on any atom is 0.251 e. The number of halogens is 1. The van der Waals surface area contributed by atoms with Gasteiger partial charge in [-0.25, -0.2) is 9.98 Å². The summed E-state index contributed by atoms with van der Waals surface area (Å²) in [5.74, 6) is 1.58. The van der Waals surface area contributed by atoms with Gasteiger partial charge in [-0.1, -0.05) is 17.7 Å². The number of guanidine groups is 1. The van der Waals surface area contributed by atoms with Crippen LogP contribution in [0.2, 0.25) is 0 Å². The van der Waals surface area contributed by atoms with Crippen molar-refractivity contribution < 1.29 is 13.9 Å². The molecule has 1 unspecified atom stereocenters. The van der Waals surface area contributed by atoms with Crippen molar-refractivity contribution >= 4 is 35.8 Å². The lowest BCUT2D eigenvalue weighted by Crippen LogP contribution is -2.55. The highest BCUT2D eigenvalue weighted by Crippen LogP contribution is 2.20. The second-order valence-corrected chi connectivity index (χ2v) is 7.99. The summed E-state index contributed by atoms with van der Waals surface area (Å²) >= 11 is 0. The first kappa shape index (κ1) is 24.5. The van der Waals surface area contributed by atoms with Crippen LogP contribution >= 0.6 is 24.0 Å². The largest absolute Gasteiger partial charge is 0.444 e. The summed E-state index contributed by atoms with van der Waals surface area (Å²) in [7, 11) is 0. The molecule has 2 fully saturated rings. The number of hydrogen-bond acceptors (Lipinski definition) is 5. The molecule has 4 rings (SSSR count). The zero-order valence-electron chi connectivity index (χ0n) is 18.7. The average Bonchev–Trinajstić information content (AvgIpc) is 3.49. The van der Waals surface area contributed by atoms with Crippen LogP contribution in [-0.4, -0.2) is 72.1 Å². The Morgan fingerprint density at radius 1 is 1.19 bits per heavy atom. The molecule has 0 aliphatic carbocycles. The number of benzene rings is 1. The van der Waals surface area contributed by atoms with Gasteiger partial charge in [-0.15, -0.1) is 24.0 Å². The Morgan fingerprint density at radius 3 is 2.56 bits per heavy atom. The number of piperazine rings is 1. The van der Waals surface area contributed by atoms with Gasteiger partial charge in [-0.05, 0) is 38.8 Å². The highest BCUT2D eigenvalue weighted by Gasteiger charge is 2.30. The molecule has 2 aliphatic heterocycles. The molecule has 0 saturated carbocycles. The van der Waals surface area contributed by atoms with Gasteiger partial charge in [0.05, 0.1) is 6.54 Å². The van der Waals surface area contributed by atoms with Crippen molar-refractivity contribution in [2.75, 3.05) is 39.3 Å². The molecule has 1 N–H and O–H groups in total. The van der Waals surface area contributed by atoms with E-state index in [1.54, 1.807) is 6.26 Å². The number of nitrogens with one attached hydrogen (secondary N) is 1. The predicted molar refractivity (Wildman–Crippen MR) is 134 cm³/mol. The number of hydrogen-bond donors (Lipinski definition) is 1.